The number of esters is 2. The van der Waals surface area contributed by atoms with Crippen LogP contribution in [0, 0.1) is 18.3 Å². The number of thiophene rings is 1. The van der Waals surface area contributed by atoms with Crippen LogP contribution in [0.1, 0.15) is 62.4 Å². The Balaban J connectivity index is 1.87. The Morgan fingerprint density at radius 2 is 1.61 bits per heavy atom. The van der Waals surface area contributed by atoms with E-state index in [2.05, 4.69) is 0 Å². The molecule has 0 fully saturated rings. The van der Waals surface area contributed by atoms with Gasteiger partial charge in [-0.15, -0.1) is 11.3 Å². The molecule has 3 rings (SSSR count). The Labute approximate surface area is 248 Å². The van der Waals surface area contributed by atoms with Crippen LogP contribution in [0.5, 0.6) is 11.5 Å². The molecular formula is C31H30ClNO7S. The zero-order chi connectivity index (χ0) is 29.9. The highest BCUT2D eigenvalue weighted by molar-refractivity contribution is 7.14. The van der Waals surface area contributed by atoms with E-state index in [1.165, 1.54) is 6.08 Å². The van der Waals surface area contributed by atoms with E-state index in [0.717, 1.165) is 16.9 Å². The van der Waals surface area contributed by atoms with Crippen LogP contribution in [0.3, 0.4) is 0 Å². The number of allylic oxidation sites excluding steroid dienone is 1. The smallest absolute Gasteiger partial charge is 0.348 e. The summed E-state index contributed by atoms with van der Waals surface area (Å²) in [5.41, 5.74) is 1.88. The van der Waals surface area contributed by atoms with E-state index in [1.807, 2.05) is 25.1 Å². The molecule has 0 amide bonds. The molecule has 0 spiro atoms. The van der Waals surface area contributed by atoms with Gasteiger partial charge in [0.2, 0.25) is 0 Å². The summed E-state index contributed by atoms with van der Waals surface area (Å²) in [6.45, 7) is 7.75. The van der Waals surface area contributed by atoms with Crippen molar-refractivity contribution in [2.45, 2.75) is 40.7 Å². The second-order valence-corrected chi connectivity index (χ2v) is 10.2. The topological polar surface area (TPSA) is 112 Å². The third-order valence-corrected chi connectivity index (χ3v) is 7.31. The first kappa shape index (κ1) is 31.4. The maximum absolute atomic E-state index is 13.2. The number of rotatable bonds is 13. The summed E-state index contributed by atoms with van der Waals surface area (Å²) >= 11 is 6.94. The monoisotopic (exact) mass is 595 g/mol. The van der Waals surface area contributed by atoms with Crippen LogP contribution in [-0.4, -0.2) is 37.5 Å². The molecule has 1 aromatic heterocycles. The van der Waals surface area contributed by atoms with Gasteiger partial charge in [-0.3, -0.25) is 4.79 Å². The van der Waals surface area contributed by atoms with Gasteiger partial charge in [-0.05, 0) is 74.7 Å². The van der Waals surface area contributed by atoms with Crippen molar-refractivity contribution in [3.63, 3.8) is 0 Å². The van der Waals surface area contributed by atoms with Crippen LogP contribution in [0.4, 0.5) is 0 Å². The van der Waals surface area contributed by atoms with Crippen LogP contribution in [0.15, 0.2) is 48.0 Å². The van der Waals surface area contributed by atoms with E-state index >= 15 is 0 Å². The first-order valence-corrected chi connectivity index (χ1v) is 14.2. The molecule has 0 aliphatic carbocycles. The number of carbonyl (C=O) groups is 3. The second-order valence-electron chi connectivity index (χ2n) is 8.62. The molecule has 41 heavy (non-hydrogen) atoms. The highest BCUT2D eigenvalue weighted by atomic mass is 35.5. The Hall–Kier alpha value is -4.13. The number of Topliss-reactive ketones (excluding diaryl/α,β-unsaturated/α-hetero) is 1. The SMILES string of the molecule is CCOC(=O)c1sc(CC(=O)/C(C#N)=C/c2ccc(OCc3ccc(Cl)cc3)c(OCC)c2)c(C(=O)OCC)c1C. The summed E-state index contributed by atoms with van der Waals surface area (Å²) in [7, 11) is 0. The fraction of sp³-hybridized carbons (Fsp3) is 0.290. The Morgan fingerprint density at radius 1 is 0.927 bits per heavy atom. The fourth-order valence-corrected chi connectivity index (χ4v) is 5.20. The molecular weight excluding hydrogens is 566 g/mol. The summed E-state index contributed by atoms with van der Waals surface area (Å²) in [5.74, 6) is -0.786. The molecule has 10 heteroatoms. The molecule has 0 aliphatic rings. The zero-order valence-electron chi connectivity index (χ0n) is 23.2. The second kappa shape index (κ2) is 15.0. The average Bonchev–Trinajstić information content (AvgIpc) is 3.27. The standard InChI is InChI=1S/C31H30ClNO7S/c1-5-37-26-15-21(10-13-25(26)40-18-20-8-11-23(32)12-9-20)14-22(17-33)24(34)16-27-28(30(35)38-6-2)19(4)29(41-27)31(36)39-7-3/h8-15H,5-7,16,18H2,1-4H3/b22-14+. The normalized spacial score (nSPS) is 11.0. The molecule has 0 atom stereocenters. The lowest BCUT2D eigenvalue weighted by Gasteiger charge is -2.13. The van der Waals surface area contributed by atoms with Gasteiger partial charge in [0, 0.05) is 16.3 Å². The van der Waals surface area contributed by atoms with Gasteiger partial charge in [-0.25, -0.2) is 9.59 Å². The van der Waals surface area contributed by atoms with Gasteiger partial charge in [0.15, 0.2) is 17.3 Å². The van der Waals surface area contributed by atoms with E-state index in [1.54, 1.807) is 51.1 Å². The van der Waals surface area contributed by atoms with Gasteiger partial charge in [0.05, 0.1) is 31.0 Å². The van der Waals surface area contributed by atoms with Crippen molar-refractivity contribution < 1.29 is 33.3 Å². The molecule has 1 heterocycles. The average molecular weight is 596 g/mol. The first-order chi connectivity index (χ1) is 19.7. The molecule has 0 saturated carbocycles. The number of benzene rings is 2. The number of carbonyl (C=O) groups excluding carboxylic acids is 3. The third kappa shape index (κ3) is 8.19. The number of nitriles is 1. The molecule has 0 N–H and O–H groups in total. The molecule has 3 aromatic rings. The largest absolute Gasteiger partial charge is 0.490 e. The Kier molecular flexibility index (Phi) is 11.5. The van der Waals surface area contributed by atoms with Gasteiger partial charge in [-0.1, -0.05) is 29.8 Å². The van der Waals surface area contributed by atoms with Crippen molar-refractivity contribution in [1.82, 2.24) is 0 Å². The van der Waals surface area contributed by atoms with Crippen molar-refractivity contribution in [3.05, 3.63) is 85.1 Å². The molecule has 0 radical (unpaired) electrons. The minimum Gasteiger partial charge on any atom is -0.490 e. The lowest BCUT2D eigenvalue weighted by atomic mass is 10.0. The third-order valence-electron chi connectivity index (χ3n) is 5.79. The van der Waals surface area contributed by atoms with E-state index in [9.17, 15) is 19.6 Å². The van der Waals surface area contributed by atoms with Gasteiger partial charge < -0.3 is 18.9 Å². The number of hydrogen-bond donors (Lipinski definition) is 0. The number of halogens is 1. The maximum atomic E-state index is 13.2. The molecule has 0 bridgehead atoms. The van der Waals surface area contributed by atoms with Crippen LogP contribution >= 0.6 is 22.9 Å². The van der Waals surface area contributed by atoms with Gasteiger partial charge in [-0.2, -0.15) is 5.26 Å². The Bertz CT molecular complexity index is 1490. The van der Waals surface area contributed by atoms with Crippen molar-refractivity contribution in [2.75, 3.05) is 19.8 Å². The predicted octanol–water partition coefficient (Wildman–Crippen LogP) is 6.76. The highest BCUT2D eigenvalue weighted by Gasteiger charge is 2.28. The van der Waals surface area contributed by atoms with Crippen LogP contribution in [0.2, 0.25) is 5.02 Å². The molecule has 214 valence electrons. The molecule has 0 aliphatic heterocycles. The lowest BCUT2D eigenvalue weighted by molar-refractivity contribution is -0.114. The maximum Gasteiger partial charge on any atom is 0.348 e. The van der Waals surface area contributed by atoms with Crippen molar-refractivity contribution in [2.24, 2.45) is 0 Å². The molecule has 2 aromatic carbocycles. The van der Waals surface area contributed by atoms with Crippen LogP contribution < -0.4 is 9.47 Å². The van der Waals surface area contributed by atoms with Gasteiger partial charge in [0.25, 0.3) is 0 Å². The molecule has 0 saturated heterocycles. The summed E-state index contributed by atoms with van der Waals surface area (Å²) in [5, 5.41) is 10.4. The molecule has 0 unspecified atom stereocenters. The summed E-state index contributed by atoms with van der Waals surface area (Å²) in [6.07, 6.45) is 1.18. The van der Waals surface area contributed by atoms with Crippen molar-refractivity contribution in [3.8, 4) is 17.6 Å². The van der Waals surface area contributed by atoms with E-state index < -0.39 is 17.7 Å². The highest BCUT2D eigenvalue weighted by Crippen LogP contribution is 2.32. The van der Waals surface area contributed by atoms with E-state index in [-0.39, 0.29) is 35.6 Å². The fourth-order valence-electron chi connectivity index (χ4n) is 3.89. The van der Waals surface area contributed by atoms with Crippen molar-refractivity contribution in [1.29, 1.82) is 5.26 Å². The Morgan fingerprint density at radius 3 is 2.24 bits per heavy atom. The zero-order valence-corrected chi connectivity index (χ0v) is 24.8. The molecule has 8 nitrogen and oxygen atoms in total. The number of nitrogens with zero attached hydrogens (tertiary/aromatic N) is 1. The van der Waals surface area contributed by atoms with Crippen LogP contribution in [0.25, 0.3) is 6.08 Å². The summed E-state index contributed by atoms with van der Waals surface area (Å²) < 4.78 is 21.9. The summed E-state index contributed by atoms with van der Waals surface area (Å²) in [4.78, 5) is 38.9. The minimum atomic E-state index is -0.641. The van der Waals surface area contributed by atoms with E-state index in [4.69, 9.17) is 30.5 Å². The van der Waals surface area contributed by atoms with E-state index in [0.29, 0.717) is 45.7 Å². The van der Waals surface area contributed by atoms with Crippen molar-refractivity contribution >= 4 is 46.7 Å². The predicted molar refractivity (Wildman–Crippen MR) is 157 cm³/mol. The number of ketones is 1. The summed E-state index contributed by atoms with van der Waals surface area (Å²) in [6, 6.07) is 14.3. The van der Waals surface area contributed by atoms with Crippen LogP contribution in [-0.2, 0) is 27.3 Å². The number of ether oxygens (including phenoxy) is 4. The first-order valence-electron chi connectivity index (χ1n) is 13.0. The minimum absolute atomic E-state index is 0.124. The van der Waals surface area contributed by atoms with Gasteiger partial charge >= 0.3 is 11.9 Å². The quantitative estimate of drug-likeness (QED) is 0.121. The van der Waals surface area contributed by atoms with Gasteiger partial charge in [0.1, 0.15) is 17.6 Å². The number of hydrogen-bond acceptors (Lipinski definition) is 9. The lowest BCUT2D eigenvalue weighted by Crippen LogP contribution is -2.12.